The van der Waals surface area contributed by atoms with E-state index in [0.29, 0.717) is 6.07 Å². The number of rotatable bonds is 3. The fourth-order valence-corrected chi connectivity index (χ4v) is 2.55. The molecule has 1 aliphatic rings. The Kier molecular flexibility index (Phi) is 6.02. The minimum absolute atomic E-state index is 0.224. The van der Waals surface area contributed by atoms with Crippen molar-refractivity contribution in [3.8, 4) is 0 Å². The molecule has 2 rings (SSSR count). The molecule has 158 valence electrons. The largest absolute Gasteiger partial charge is 0.444 e. The summed E-state index contributed by atoms with van der Waals surface area (Å²) in [5, 5.41) is 2.54. The maximum atomic E-state index is 13.8. The van der Waals surface area contributed by atoms with Crippen LogP contribution in [0.25, 0.3) is 0 Å². The highest BCUT2D eigenvalue weighted by Gasteiger charge is 2.48. The zero-order valence-corrected chi connectivity index (χ0v) is 15.7. The lowest BCUT2D eigenvalue weighted by atomic mass is 10.1. The minimum atomic E-state index is -4.66. The van der Waals surface area contributed by atoms with Gasteiger partial charge in [-0.25, -0.2) is 14.8 Å². The maximum Gasteiger partial charge on any atom is 0.433 e. The van der Waals surface area contributed by atoms with E-state index in [1.165, 1.54) is 6.92 Å². The van der Waals surface area contributed by atoms with Crippen LogP contribution < -0.4 is 5.32 Å². The molecule has 0 saturated carbocycles. The molecule has 1 aliphatic heterocycles. The summed E-state index contributed by atoms with van der Waals surface area (Å²) in [7, 11) is 0. The number of halogens is 5. The van der Waals surface area contributed by atoms with Crippen molar-refractivity contribution in [2.45, 2.75) is 57.7 Å². The van der Waals surface area contributed by atoms with Crippen molar-refractivity contribution in [2.75, 3.05) is 18.4 Å². The van der Waals surface area contributed by atoms with E-state index in [1.54, 1.807) is 20.8 Å². The van der Waals surface area contributed by atoms with Crippen LogP contribution in [0.15, 0.2) is 12.3 Å². The average molecular weight is 412 g/mol. The number of nitrogens with zero attached hydrogens (tertiary/aromatic N) is 3. The second kappa shape index (κ2) is 7.64. The molecule has 0 aromatic carbocycles. The van der Waals surface area contributed by atoms with E-state index >= 15 is 0 Å². The molecular weight excluding hydrogens is 391 g/mol. The summed E-state index contributed by atoms with van der Waals surface area (Å²) in [4.78, 5) is 20.2. The van der Waals surface area contributed by atoms with Crippen LogP contribution in [0.1, 0.15) is 33.4 Å². The average Bonchev–Trinajstić information content (AvgIpc) is 2.50. The first-order valence-electron chi connectivity index (χ1n) is 8.37. The Labute approximate surface area is 158 Å². The predicted octanol–water partition coefficient (Wildman–Crippen LogP) is 3.52. The molecule has 1 N–H and O–H groups in total. The van der Waals surface area contributed by atoms with E-state index < -0.39 is 48.4 Å². The molecule has 1 aromatic heterocycles. The summed E-state index contributed by atoms with van der Waals surface area (Å²) in [5.41, 5.74) is -2.08. The highest BCUT2D eigenvalue weighted by atomic mass is 19.4. The Balaban J connectivity index is 2.17. The molecule has 0 bridgehead atoms. The summed E-state index contributed by atoms with van der Waals surface area (Å²) >= 11 is 0. The van der Waals surface area contributed by atoms with E-state index in [9.17, 15) is 26.7 Å². The third kappa shape index (κ3) is 5.88. The number of ether oxygens (including phenoxy) is 2. The number of anilines is 1. The topological polar surface area (TPSA) is 76.6 Å². The molecule has 7 nitrogen and oxygen atoms in total. The molecule has 12 heteroatoms. The van der Waals surface area contributed by atoms with Gasteiger partial charge in [0.25, 0.3) is 0 Å². The Morgan fingerprint density at radius 2 is 2.04 bits per heavy atom. The van der Waals surface area contributed by atoms with Gasteiger partial charge in [-0.15, -0.1) is 0 Å². The lowest BCUT2D eigenvalue weighted by Crippen LogP contribution is -2.61. The Morgan fingerprint density at radius 1 is 1.39 bits per heavy atom. The van der Waals surface area contributed by atoms with Gasteiger partial charge in [0.2, 0.25) is 5.95 Å². The Bertz CT molecular complexity index is 708. The molecule has 1 amide bonds. The van der Waals surface area contributed by atoms with Gasteiger partial charge >= 0.3 is 18.4 Å². The van der Waals surface area contributed by atoms with Gasteiger partial charge < -0.3 is 14.8 Å². The van der Waals surface area contributed by atoms with Crippen molar-refractivity contribution in [3.63, 3.8) is 0 Å². The van der Waals surface area contributed by atoms with Crippen molar-refractivity contribution < 1.29 is 36.2 Å². The zero-order chi connectivity index (χ0) is 21.3. The zero-order valence-electron chi connectivity index (χ0n) is 15.7. The SMILES string of the molecule is C[C@@H]1OC(F)(F)CN(C(=O)OC(C)(C)C)[C@@H]1CNc1nccc(C(F)(F)F)n1. The first-order valence-corrected chi connectivity index (χ1v) is 8.37. The van der Waals surface area contributed by atoms with Crippen LogP contribution in [0, 0.1) is 0 Å². The molecule has 0 aliphatic carbocycles. The fourth-order valence-electron chi connectivity index (χ4n) is 2.55. The van der Waals surface area contributed by atoms with Gasteiger partial charge in [0, 0.05) is 12.7 Å². The maximum absolute atomic E-state index is 13.8. The van der Waals surface area contributed by atoms with Crippen molar-refractivity contribution in [3.05, 3.63) is 18.0 Å². The summed E-state index contributed by atoms with van der Waals surface area (Å²) in [5.74, 6) is -0.358. The first-order chi connectivity index (χ1) is 12.7. The van der Waals surface area contributed by atoms with Gasteiger partial charge in [-0.3, -0.25) is 4.90 Å². The lowest BCUT2D eigenvalue weighted by molar-refractivity contribution is -0.300. The summed E-state index contributed by atoms with van der Waals surface area (Å²) in [6.07, 6.45) is -9.45. The molecule has 1 fully saturated rings. The molecule has 1 aromatic rings. The summed E-state index contributed by atoms with van der Waals surface area (Å²) in [6, 6.07) is -0.252. The summed E-state index contributed by atoms with van der Waals surface area (Å²) in [6.45, 7) is 4.79. The second-order valence-corrected chi connectivity index (χ2v) is 7.28. The molecule has 28 heavy (non-hydrogen) atoms. The second-order valence-electron chi connectivity index (χ2n) is 7.28. The normalized spacial score (nSPS) is 22.7. The number of hydrogen-bond acceptors (Lipinski definition) is 6. The number of hydrogen-bond donors (Lipinski definition) is 1. The first kappa shape index (κ1) is 22.1. The molecular formula is C16H21F5N4O3. The van der Waals surface area contributed by atoms with Gasteiger partial charge in [-0.1, -0.05) is 0 Å². The molecule has 2 heterocycles. The van der Waals surface area contributed by atoms with Gasteiger partial charge in [-0.2, -0.15) is 22.0 Å². The number of amides is 1. The monoisotopic (exact) mass is 412 g/mol. The Morgan fingerprint density at radius 3 is 2.61 bits per heavy atom. The quantitative estimate of drug-likeness (QED) is 0.766. The fraction of sp³-hybridized carbons (Fsp3) is 0.688. The summed E-state index contributed by atoms with van der Waals surface area (Å²) < 4.78 is 75.6. The third-order valence-corrected chi connectivity index (χ3v) is 3.70. The highest BCUT2D eigenvalue weighted by Crippen LogP contribution is 2.31. The number of carbonyl (C=O) groups is 1. The van der Waals surface area contributed by atoms with E-state index in [1.807, 2.05) is 0 Å². The van der Waals surface area contributed by atoms with Crippen molar-refractivity contribution in [1.82, 2.24) is 14.9 Å². The minimum Gasteiger partial charge on any atom is -0.444 e. The van der Waals surface area contributed by atoms with Gasteiger partial charge in [0.1, 0.15) is 17.8 Å². The number of alkyl halides is 5. The third-order valence-electron chi connectivity index (χ3n) is 3.70. The van der Waals surface area contributed by atoms with Crippen LogP contribution in [0.3, 0.4) is 0 Å². The van der Waals surface area contributed by atoms with Crippen LogP contribution in [0.4, 0.5) is 32.7 Å². The van der Waals surface area contributed by atoms with Crippen molar-refractivity contribution >= 4 is 12.0 Å². The van der Waals surface area contributed by atoms with Crippen LogP contribution >= 0.6 is 0 Å². The molecule has 0 radical (unpaired) electrons. The number of nitrogens with one attached hydrogen (secondary N) is 1. The standard InChI is InChI=1S/C16H21F5N4O3/c1-9-10(7-23-12-22-6-5-11(24-12)16(19,20)21)25(8-15(17,18)27-9)13(26)28-14(2,3)4/h5-6,9-10H,7-8H2,1-4H3,(H,22,23,24)/t9-,10+/m0/s1. The van der Waals surface area contributed by atoms with E-state index in [4.69, 9.17) is 4.74 Å². The number of carbonyl (C=O) groups excluding carboxylic acids is 1. The van der Waals surface area contributed by atoms with Gasteiger partial charge in [0.15, 0.2) is 0 Å². The van der Waals surface area contributed by atoms with E-state index in [2.05, 4.69) is 20.0 Å². The van der Waals surface area contributed by atoms with E-state index in [0.717, 1.165) is 11.1 Å². The number of aromatic nitrogens is 2. The van der Waals surface area contributed by atoms with Crippen LogP contribution in [-0.2, 0) is 15.7 Å². The van der Waals surface area contributed by atoms with Crippen LogP contribution in [0.2, 0.25) is 0 Å². The van der Waals surface area contributed by atoms with Crippen molar-refractivity contribution in [2.24, 2.45) is 0 Å². The lowest BCUT2D eigenvalue weighted by Gasteiger charge is -2.43. The van der Waals surface area contributed by atoms with Crippen LogP contribution in [0.5, 0.6) is 0 Å². The van der Waals surface area contributed by atoms with Gasteiger partial charge in [-0.05, 0) is 33.8 Å². The smallest absolute Gasteiger partial charge is 0.433 e. The molecule has 0 spiro atoms. The highest BCUT2D eigenvalue weighted by molar-refractivity contribution is 5.69. The number of morpholine rings is 1. The molecule has 1 saturated heterocycles. The predicted molar refractivity (Wildman–Crippen MR) is 87.7 cm³/mol. The molecule has 0 unspecified atom stereocenters. The van der Waals surface area contributed by atoms with Crippen LogP contribution in [-0.4, -0.2) is 57.9 Å². The van der Waals surface area contributed by atoms with Crippen molar-refractivity contribution in [1.29, 1.82) is 0 Å². The van der Waals surface area contributed by atoms with Gasteiger partial charge in [0.05, 0.1) is 12.1 Å². The van der Waals surface area contributed by atoms with E-state index in [-0.39, 0.29) is 12.5 Å². The Hall–Kier alpha value is -2.24. The molecule has 2 atom stereocenters.